The van der Waals surface area contributed by atoms with Crippen LogP contribution in [0.1, 0.15) is 12.6 Å². The van der Waals surface area contributed by atoms with E-state index in [1.807, 2.05) is 12.3 Å². The average Bonchev–Trinajstić information content (AvgIpc) is 2.43. The number of halogens is 2. The molecule has 0 aromatic carbocycles. The molecular weight excluding hydrogens is 392 g/mol. The van der Waals surface area contributed by atoms with Gasteiger partial charge in [-0.1, -0.05) is 6.92 Å². The van der Waals surface area contributed by atoms with Crippen LogP contribution in [-0.2, 0) is 6.42 Å². The number of fused-ring (bicyclic) bond motifs is 1. The highest BCUT2D eigenvalue weighted by Gasteiger charge is 2.09. The van der Waals surface area contributed by atoms with Gasteiger partial charge in [0.15, 0.2) is 3.83 Å². The fraction of sp³-hybridized carbons (Fsp3) is 0.250. The lowest BCUT2D eigenvalue weighted by Gasteiger charge is -1.98. The van der Waals surface area contributed by atoms with Crippen molar-refractivity contribution in [3.05, 3.63) is 21.8 Å². The maximum atomic E-state index is 4.42. The molecule has 0 amide bonds. The number of hydrogen-bond acceptors (Lipinski definition) is 2. The summed E-state index contributed by atoms with van der Waals surface area (Å²) in [5, 5.41) is 0. The molecule has 2 aromatic rings. The molecule has 68 valence electrons. The highest BCUT2D eigenvalue weighted by molar-refractivity contribution is 14.1. The third-order valence-electron chi connectivity index (χ3n) is 1.88. The molecule has 0 saturated carbocycles. The van der Waals surface area contributed by atoms with E-state index in [4.69, 9.17) is 0 Å². The van der Waals surface area contributed by atoms with Gasteiger partial charge in [0.2, 0.25) is 0 Å². The number of aryl methyl sites for hydroxylation is 1. The molecule has 0 fully saturated rings. The zero-order valence-corrected chi connectivity index (χ0v) is 11.3. The highest BCUT2D eigenvalue weighted by atomic mass is 127. The van der Waals surface area contributed by atoms with Crippen LogP contribution < -0.4 is 0 Å². The minimum absolute atomic E-state index is 0.947. The minimum Gasteiger partial charge on any atom is -0.259 e. The van der Waals surface area contributed by atoms with Gasteiger partial charge in [0, 0.05) is 28.8 Å². The van der Waals surface area contributed by atoms with E-state index in [1.54, 1.807) is 0 Å². The number of pyridine rings is 1. The second-order valence-corrected chi connectivity index (χ2v) is 4.57. The Kier molecular flexibility index (Phi) is 2.72. The third kappa shape index (κ3) is 1.56. The van der Waals surface area contributed by atoms with Gasteiger partial charge in [0.25, 0.3) is 0 Å². The largest absolute Gasteiger partial charge is 0.259 e. The van der Waals surface area contributed by atoms with Crippen LogP contribution in [0.2, 0.25) is 0 Å². The maximum absolute atomic E-state index is 4.42. The number of aromatic nitrogens is 3. The van der Waals surface area contributed by atoms with Gasteiger partial charge in [-0.3, -0.25) is 7.76 Å². The first kappa shape index (κ1) is 9.63. The zero-order valence-electron chi connectivity index (χ0n) is 6.96. The molecule has 0 N–H and O–H groups in total. The first-order valence-electron chi connectivity index (χ1n) is 3.92. The molecule has 0 bridgehead atoms. The summed E-state index contributed by atoms with van der Waals surface area (Å²) in [5.74, 6) is 0. The predicted octanol–water partition coefficient (Wildman–Crippen LogP) is 2.80. The standard InChI is InChI=1S/C8H7I2N3/c1-2-5-7-6(3-4-11-5)12-8(9)13(7)10/h3-4H,2H2,1H3. The Morgan fingerprint density at radius 3 is 3.00 bits per heavy atom. The van der Waals surface area contributed by atoms with Crippen molar-refractivity contribution in [1.82, 2.24) is 12.7 Å². The topological polar surface area (TPSA) is 30.7 Å². The van der Waals surface area contributed by atoms with Crippen LogP contribution in [0.25, 0.3) is 11.0 Å². The Labute approximate surface area is 104 Å². The van der Waals surface area contributed by atoms with Crippen molar-refractivity contribution in [1.29, 1.82) is 0 Å². The molecule has 2 aromatic heterocycles. The molecule has 3 nitrogen and oxygen atoms in total. The Hall–Kier alpha value is 0.0800. The van der Waals surface area contributed by atoms with Crippen LogP contribution in [0.3, 0.4) is 0 Å². The van der Waals surface area contributed by atoms with E-state index in [-0.39, 0.29) is 0 Å². The highest BCUT2D eigenvalue weighted by Crippen LogP contribution is 2.22. The van der Waals surface area contributed by atoms with Crippen LogP contribution in [0.4, 0.5) is 0 Å². The van der Waals surface area contributed by atoms with Crippen molar-refractivity contribution in [3.63, 3.8) is 0 Å². The van der Waals surface area contributed by atoms with Crippen LogP contribution in [0, 0.1) is 3.83 Å². The maximum Gasteiger partial charge on any atom is 0.181 e. The van der Waals surface area contributed by atoms with Gasteiger partial charge < -0.3 is 0 Å². The van der Waals surface area contributed by atoms with Crippen LogP contribution in [0.5, 0.6) is 0 Å². The molecule has 2 rings (SSSR count). The number of imidazole rings is 1. The second-order valence-electron chi connectivity index (χ2n) is 2.64. The van der Waals surface area contributed by atoms with Gasteiger partial charge in [0.1, 0.15) is 5.52 Å². The van der Waals surface area contributed by atoms with Gasteiger partial charge in [-0.2, -0.15) is 0 Å². The van der Waals surface area contributed by atoms with Crippen molar-refractivity contribution >= 4 is 56.5 Å². The van der Waals surface area contributed by atoms with Gasteiger partial charge in [0.05, 0.1) is 34.1 Å². The molecule has 0 aliphatic rings. The summed E-state index contributed by atoms with van der Waals surface area (Å²) in [7, 11) is 0. The molecule has 0 spiro atoms. The first-order chi connectivity index (χ1) is 6.24. The summed E-state index contributed by atoms with van der Waals surface area (Å²) in [5.41, 5.74) is 3.29. The fourth-order valence-corrected chi connectivity index (χ4v) is 2.42. The van der Waals surface area contributed by atoms with Gasteiger partial charge in [-0.05, 0) is 12.5 Å². The smallest absolute Gasteiger partial charge is 0.181 e. The van der Waals surface area contributed by atoms with Gasteiger partial charge >= 0.3 is 0 Å². The lowest BCUT2D eigenvalue weighted by Crippen LogP contribution is -1.91. The van der Waals surface area contributed by atoms with Crippen molar-refractivity contribution < 1.29 is 0 Å². The molecule has 0 unspecified atom stereocenters. The van der Waals surface area contributed by atoms with Crippen LogP contribution >= 0.6 is 45.5 Å². The minimum atomic E-state index is 0.947. The molecular formula is C8H7I2N3. The summed E-state index contributed by atoms with van der Waals surface area (Å²) < 4.78 is 3.05. The van der Waals surface area contributed by atoms with Gasteiger partial charge in [-0.15, -0.1) is 0 Å². The molecule has 13 heavy (non-hydrogen) atoms. The Balaban J connectivity index is 2.87. The third-order valence-corrected chi connectivity index (χ3v) is 4.47. The number of nitrogens with zero attached hydrogens (tertiary/aromatic N) is 3. The molecule has 2 heterocycles. The van der Waals surface area contributed by atoms with Crippen LogP contribution in [-0.4, -0.2) is 12.7 Å². The monoisotopic (exact) mass is 399 g/mol. The first-order valence-corrected chi connectivity index (χ1v) is 5.96. The normalized spacial score (nSPS) is 11.0. The molecule has 5 heteroatoms. The van der Waals surface area contributed by atoms with E-state index in [0.717, 1.165) is 27.0 Å². The van der Waals surface area contributed by atoms with E-state index < -0.39 is 0 Å². The van der Waals surface area contributed by atoms with Crippen molar-refractivity contribution in [2.75, 3.05) is 0 Å². The summed E-state index contributed by atoms with van der Waals surface area (Å²) in [6, 6.07) is 1.95. The van der Waals surface area contributed by atoms with Crippen LogP contribution in [0.15, 0.2) is 12.3 Å². The van der Waals surface area contributed by atoms with Crippen molar-refractivity contribution in [2.45, 2.75) is 13.3 Å². The SMILES string of the molecule is CCc1nccc2nc(I)n(I)c12. The summed E-state index contributed by atoms with van der Waals surface area (Å²) in [4.78, 5) is 8.75. The average molecular weight is 399 g/mol. The van der Waals surface area contributed by atoms with E-state index in [9.17, 15) is 0 Å². The Morgan fingerprint density at radius 2 is 2.31 bits per heavy atom. The van der Waals surface area contributed by atoms with Crippen molar-refractivity contribution in [2.24, 2.45) is 0 Å². The van der Waals surface area contributed by atoms with E-state index in [0.29, 0.717) is 0 Å². The number of hydrogen-bond donors (Lipinski definition) is 0. The lowest BCUT2D eigenvalue weighted by molar-refractivity contribution is 1.05. The molecule has 0 aliphatic heterocycles. The van der Waals surface area contributed by atoms with E-state index >= 15 is 0 Å². The summed E-state index contributed by atoms with van der Waals surface area (Å²) in [6.45, 7) is 2.11. The molecule has 0 radical (unpaired) electrons. The summed E-state index contributed by atoms with van der Waals surface area (Å²) >= 11 is 4.48. The number of rotatable bonds is 1. The predicted molar refractivity (Wildman–Crippen MR) is 69.0 cm³/mol. The van der Waals surface area contributed by atoms with Gasteiger partial charge in [-0.25, -0.2) is 4.98 Å². The van der Waals surface area contributed by atoms with E-state index in [1.165, 1.54) is 0 Å². The molecule has 0 saturated heterocycles. The molecule has 0 aliphatic carbocycles. The Morgan fingerprint density at radius 1 is 1.54 bits per heavy atom. The Bertz CT molecular complexity index is 450. The zero-order chi connectivity index (χ0) is 9.42. The second kappa shape index (κ2) is 3.68. The van der Waals surface area contributed by atoms with Crippen molar-refractivity contribution in [3.8, 4) is 0 Å². The quantitative estimate of drug-likeness (QED) is 0.691. The fourth-order valence-electron chi connectivity index (χ4n) is 1.28. The molecule has 0 atom stereocenters. The lowest BCUT2D eigenvalue weighted by atomic mass is 10.2. The van der Waals surface area contributed by atoms with E-state index in [2.05, 4.69) is 65.1 Å². The summed E-state index contributed by atoms with van der Waals surface area (Å²) in [6.07, 6.45) is 2.77.